The molecule has 2 heteroatoms. The van der Waals surface area contributed by atoms with Gasteiger partial charge in [-0.3, -0.25) is 0 Å². The molecule has 0 amide bonds. The van der Waals surface area contributed by atoms with E-state index >= 15 is 0 Å². The highest BCUT2D eigenvalue weighted by molar-refractivity contribution is 9.13. The number of rotatable bonds is 0. The molecule has 4 aliphatic rings. The Morgan fingerprint density at radius 3 is 1.83 bits per heavy atom. The van der Waals surface area contributed by atoms with Crippen molar-refractivity contribution in [2.45, 2.75) is 47.2 Å². The van der Waals surface area contributed by atoms with Gasteiger partial charge in [0.25, 0.3) is 0 Å². The first-order valence-electron chi connectivity index (χ1n) is 5.05. The zero-order valence-electron chi connectivity index (χ0n) is 7.15. The van der Waals surface area contributed by atoms with Crippen molar-refractivity contribution in [1.29, 1.82) is 0 Å². The summed E-state index contributed by atoms with van der Waals surface area (Å²) in [6, 6.07) is 0. The minimum Gasteiger partial charge on any atom is -0.0834 e. The van der Waals surface area contributed by atoms with Gasteiger partial charge in [-0.2, -0.15) is 0 Å². The topological polar surface area (TPSA) is 0 Å². The van der Waals surface area contributed by atoms with Crippen LogP contribution in [0.15, 0.2) is 0 Å². The van der Waals surface area contributed by atoms with Crippen LogP contribution < -0.4 is 0 Å². The zero-order valence-corrected chi connectivity index (χ0v) is 10.3. The van der Waals surface area contributed by atoms with Gasteiger partial charge in [0, 0.05) is 8.65 Å². The minimum atomic E-state index is 0.513. The Morgan fingerprint density at radius 2 is 1.33 bits per heavy atom. The van der Waals surface area contributed by atoms with Crippen LogP contribution in [0.25, 0.3) is 0 Å². The molecule has 0 nitrogen and oxygen atoms in total. The van der Waals surface area contributed by atoms with E-state index in [1.807, 2.05) is 0 Å². The average Bonchev–Trinajstić information content (AvgIpc) is 2.67. The largest absolute Gasteiger partial charge is 0.0834 e. The second kappa shape index (κ2) is 2.31. The summed E-state index contributed by atoms with van der Waals surface area (Å²) in [5, 5.41) is 0. The average molecular weight is 294 g/mol. The SMILES string of the molecule is Br[C@@]12C[C@]1(Br)[C@@H]1CCC[C@H]2CC1. The van der Waals surface area contributed by atoms with Gasteiger partial charge in [0.05, 0.1) is 0 Å². The van der Waals surface area contributed by atoms with Crippen molar-refractivity contribution in [2.24, 2.45) is 11.8 Å². The van der Waals surface area contributed by atoms with Crippen LogP contribution in [0.3, 0.4) is 0 Å². The third-order valence-electron chi connectivity index (χ3n) is 4.34. The Bertz CT molecular complexity index is 202. The smallest absolute Gasteiger partial charge is 0.0456 e. The Hall–Kier alpha value is 0.960. The van der Waals surface area contributed by atoms with Gasteiger partial charge in [-0.05, 0) is 43.9 Å². The van der Waals surface area contributed by atoms with E-state index in [-0.39, 0.29) is 0 Å². The van der Waals surface area contributed by atoms with Crippen molar-refractivity contribution in [2.75, 3.05) is 0 Å². The first-order chi connectivity index (χ1) is 5.67. The molecule has 0 aromatic rings. The third kappa shape index (κ3) is 0.796. The Kier molecular flexibility index (Phi) is 1.59. The normalized spacial score (nSPS) is 62.5. The van der Waals surface area contributed by atoms with Gasteiger partial charge >= 0.3 is 0 Å². The van der Waals surface area contributed by atoms with E-state index in [4.69, 9.17) is 0 Å². The van der Waals surface area contributed by atoms with E-state index < -0.39 is 0 Å². The monoisotopic (exact) mass is 292 g/mol. The highest BCUT2D eigenvalue weighted by Gasteiger charge is 2.73. The van der Waals surface area contributed by atoms with Gasteiger partial charge in [-0.25, -0.2) is 0 Å². The molecule has 0 spiro atoms. The van der Waals surface area contributed by atoms with Crippen molar-refractivity contribution in [3.63, 3.8) is 0 Å². The van der Waals surface area contributed by atoms with Crippen LogP contribution in [0.4, 0.5) is 0 Å². The van der Waals surface area contributed by atoms with Gasteiger partial charge in [0.2, 0.25) is 0 Å². The van der Waals surface area contributed by atoms with Crippen LogP contribution in [-0.4, -0.2) is 8.65 Å². The molecule has 0 heterocycles. The maximum Gasteiger partial charge on any atom is 0.0456 e. The summed E-state index contributed by atoms with van der Waals surface area (Å²) in [6.07, 6.45) is 8.74. The fourth-order valence-electron chi connectivity index (χ4n) is 3.51. The lowest BCUT2D eigenvalue weighted by Crippen LogP contribution is -2.32. The molecule has 12 heavy (non-hydrogen) atoms. The molecule has 0 aromatic heterocycles. The standard InChI is InChI=1S/C10H14Br2/c11-9-6-10(9,12)8-3-1-2-7(9)4-5-8/h7-8H,1-6H2/t7-,8+,9+,10-. The van der Waals surface area contributed by atoms with Crippen molar-refractivity contribution in [3.8, 4) is 0 Å². The molecule has 68 valence electrons. The summed E-state index contributed by atoms with van der Waals surface area (Å²) in [5.74, 6) is 1.94. The second-order valence-corrected chi connectivity index (χ2v) is 7.63. The van der Waals surface area contributed by atoms with Gasteiger partial charge in [0.15, 0.2) is 0 Å². The molecule has 4 saturated carbocycles. The van der Waals surface area contributed by atoms with Crippen molar-refractivity contribution in [3.05, 3.63) is 0 Å². The summed E-state index contributed by atoms with van der Waals surface area (Å²) in [6.45, 7) is 0. The third-order valence-corrected chi connectivity index (χ3v) is 8.15. The maximum absolute atomic E-state index is 3.98. The van der Waals surface area contributed by atoms with Crippen LogP contribution in [0, 0.1) is 11.8 Å². The number of hydrogen-bond donors (Lipinski definition) is 0. The molecule has 4 rings (SSSR count). The molecular formula is C10H14Br2. The number of alkyl halides is 2. The second-order valence-electron chi connectivity index (χ2n) is 4.80. The van der Waals surface area contributed by atoms with Gasteiger partial charge in [-0.1, -0.05) is 38.3 Å². The highest BCUT2D eigenvalue weighted by Crippen LogP contribution is 2.74. The van der Waals surface area contributed by atoms with E-state index in [2.05, 4.69) is 31.9 Å². The molecule has 0 radical (unpaired) electrons. The highest BCUT2D eigenvalue weighted by atomic mass is 79.9. The molecule has 0 unspecified atom stereocenters. The Balaban J connectivity index is 2.02. The summed E-state index contributed by atoms with van der Waals surface area (Å²) in [5.41, 5.74) is 0. The molecule has 4 fully saturated rings. The number of fused-ring (bicyclic) bond motifs is 3. The minimum absolute atomic E-state index is 0.513. The fraction of sp³-hybridized carbons (Fsp3) is 1.00. The first-order valence-corrected chi connectivity index (χ1v) is 6.63. The predicted octanol–water partition coefficient (Wildman–Crippen LogP) is 3.87. The van der Waals surface area contributed by atoms with E-state index in [1.165, 1.54) is 38.5 Å². The van der Waals surface area contributed by atoms with Crippen molar-refractivity contribution in [1.82, 2.24) is 0 Å². The van der Waals surface area contributed by atoms with Crippen LogP contribution in [0.1, 0.15) is 38.5 Å². The molecule has 2 bridgehead atoms. The Labute approximate surface area is 90.7 Å². The summed E-state index contributed by atoms with van der Waals surface area (Å²) >= 11 is 7.97. The van der Waals surface area contributed by atoms with Crippen LogP contribution in [-0.2, 0) is 0 Å². The van der Waals surface area contributed by atoms with Crippen LogP contribution in [0.5, 0.6) is 0 Å². The van der Waals surface area contributed by atoms with Gasteiger partial charge in [-0.15, -0.1) is 0 Å². The maximum atomic E-state index is 3.98. The van der Waals surface area contributed by atoms with Crippen LogP contribution >= 0.6 is 31.9 Å². The molecule has 0 N–H and O–H groups in total. The molecule has 0 saturated heterocycles. The lowest BCUT2D eigenvalue weighted by atomic mass is 9.84. The molecule has 0 aromatic carbocycles. The zero-order chi connectivity index (χ0) is 8.40. The quantitative estimate of drug-likeness (QED) is 0.595. The van der Waals surface area contributed by atoms with E-state index in [9.17, 15) is 0 Å². The number of hydrogen-bond acceptors (Lipinski definition) is 0. The summed E-state index contributed by atoms with van der Waals surface area (Å²) in [4.78, 5) is 0. The van der Waals surface area contributed by atoms with Crippen LogP contribution in [0.2, 0.25) is 0 Å². The molecule has 4 atom stereocenters. The lowest BCUT2D eigenvalue weighted by Gasteiger charge is -2.32. The summed E-state index contributed by atoms with van der Waals surface area (Å²) < 4.78 is 1.03. The van der Waals surface area contributed by atoms with E-state index in [1.54, 1.807) is 0 Å². The first kappa shape index (κ1) is 8.28. The fourth-order valence-corrected chi connectivity index (χ4v) is 6.34. The van der Waals surface area contributed by atoms with Gasteiger partial charge in [0.1, 0.15) is 0 Å². The van der Waals surface area contributed by atoms with E-state index in [0.29, 0.717) is 8.65 Å². The lowest BCUT2D eigenvalue weighted by molar-refractivity contribution is 0.336. The predicted molar refractivity (Wildman–Crippen MR) is 58.0 cm³/mol. The van der Waals surface area contributed by atoms with Crippen molar-refractivity contribution < 1.29 is 0 Å². The summed E-state index contributed by atoms with van der Waals surface area (Å²) in [7, 11) is 0. The number of halogens is 2. The molecule has 4 aliphatic carbocycles. The van der Waals surface area contributed by atoms with E-state index in [0.717, 1.165) is 11.8 Å². The van der Waals surface area contributed by atoms with Crippen molar-refractivity contribution >= 4 is 31.9 Å². The molecule has 0 aliphatic heterocycles. The molecular weight excluding hydrogens is 280 g/mol. The van der Waals surface area contributed by atoms with Gasteiger partial charge < -0.3 is 0 Å². The Morgan fingerprint density at radius 1 is 0.833 bits per heavy atom.